The van der Waals surface area contributed by atoms with Gasteiger partial charge in [-0.15, -0.1) is 0 Å². The molecule has 3 aromatic carbocycles. The molecule has 0 radical (unpaired) electrons. The Balaban J connectivity index is 1.85. The lowest BCUT2D eigenvalue weighted by atomic mass is 9.98. The highest BCUT2D eigenvalue weighted by atomic mass is 32.2. The van der Waals surface area contributed by atoms with Crippen molar-refractivity contribution in [3.8, 4) is 17.2 Å². The Morgan fingerprint density at radius 3 is 2.03 bits per heavy atom. The van der Waals surface area contributed by atoms with Gasteiger partial charge in [-0.05, 0) is 42.3 Å². The van der Waals surface area contributed by atoms with E-state index < -0.39 is 16.1 Å². The Kier molecular flexibility index (Phi) is 6.29. The number of aryl methyl sites for hydroxylation is 1. The van der Waals surface area contributed by atoms with Crippen molar-refractivity contribution in [2.45, 2.75) is 24.3 Å². The first kappa shape index (κ1) is 22.7. The van der Waals surface area contributed by atoms with Crippen LogP contribution in [0.5, 0.6) is 17.2 Å². The molecule has 8 heteroatoms. The Morgan fingerprint density at radius 2 is 1.48 bits per heavy atom. The summed E-state index contributed by atoms with van der Waals surface area (Å²) in [6.45, 7) is 1.91. The number of sulfonamides is 1. The maximum absolute atomic E-state index is 13.7. The average molecular weight is 467 g/mol. The van der Waals surface area contributed by atoms with E-state index in [2.05, 4.69) is 5.10 Å². The van der Waals surface area contributed by atoms with Crippen LogP contribution in [0.1, 0.15) is 29.2 Å². The molecular formula is C25H26N2O5S. The smallest absolute Gasteiger partial charge is 0.279 e. The van der Waals surface area contributed by atoms with Crippen molar-refractivity contribution in [3.63, 3.8) is 0 Å². The molecule has 0 amide bonds. The molecule has 1 heterocycles. The minimum atomic E-state index is -3.92. The Bertz CT molecular complexity index is 1250. The maximum atomic E-state index is 13.7. The number of nitrogens with zero attached hydrogens (tertiary/aromatic N) is 2. The lowest BCUT2D eigenvalue weighted by Gasteiger charge is -2.25. The first-order chi connectivity index (χ1) is 15.9. The van der Waals surface area contributed by atoms with Crippen LogP contribution in [0.25, 0.3) is 0 Å². The van der Waals surface area contributed by atoms with Crippen LogP contribution < -0.4 is 14.2 Å². The SMILES string of the molecule is COc1cc(C2CC(c3ccccc3)=NN2S(=O)(=O)c2ccc(C)cc2)cc(OC)c1OC. The second kappa shape index (κ2) is 9.15. The van der Waals surface area contributed by atoms with E-state index in [0.717, 1.165) is 11.1 Å². The number of rotatable bonds is 7. The molecule has 1 aliphatic heterocycles. The van der Waals surface area contributed by atoms with Gasteiger partial charge in [0.2, 0.25) is 5.75 Å². The van der Waals surface area contributed by atoms with Crippen molar-refractivity contribution in [1.29, 1.82) is 0 Å². The first-order valence-corrected chi connectivity index (χ1v) is 11.9. The molecule has 1 aliphatic rings. The average Bonchev–Trinajstić information content (AvgIpc) is 3.30. The lowest BCUT2D eigenvalue weighted by Crippen LogP contribution is -2.27. The standard InChI is InChI=1S/C25H26N2O5S/c1-17-10-12-20(13-11-17)33(28,29)27-22(16-21(26-27)18-8-6-5-7-9-18)19-14-23(30-2)25(32-4)24(15-19)31-3/h5-15,22H,16H2,1-4H3. The van der Waals surface area contributed by atoms with Crippen LogP contribution in [0, 0.1) is 6.92 Å². The Hall–Kier alpha value is -3.52. The highest BCUT2D eigenvalue weighted by molar-refractivity contribution is 7.89. The van der Waals surface area contributed by atoms with E-state index in [1.165, 1.54) is 25.7 Å². The van der Waals surface area contributed by atoms with E-state index in [1.807, 2.05) is 37.3 Å². The molecule has 0 bridgehead atoms. The van der Waals surface area contributed by atoms with Gasteiger partial charge >= 0.3 is 0 Å². The number of benzene rings is 3. The molecule has 172 valence electrons. The van der Waals surface area contributed by atoms with Crippen molar-refractivity contribution in [1.82, 2.24) is 4.41 Å². The largest absolute Gasteiger partial charge is 0.493 e. The highest BCUT2D eigenvalue weighted by Gasteiger charge is 2.38. The van der Waals surface area contributed by atoms with Crippen molar-refractivity contribution in [2.24, 2.45) is 5.10 Å². The fraction of sp³-hybridized carbons (Fsp3) is 0.240. The van der Waals surface area contributed by atoms with Gasteiger partial charge in [-0.25, -0.2) is 0 Å². The van der Waals surface area contributed by atoms with Crippen molar-refractivity contribution < 1.29 is 22.6 Å². The highest BCUT2D eigenvalue weighted by Crippen LogP contribution is 2.44. The molecule has 3 aromatic rings. The molecule has 0 aromatic heterocycles. The van der Waals surface area contributed by atoms with Gasteiger partial charge in [-0.2, -0.15) is 17.9 Å². The summed E-state index contributed by atoms with van der Waals surface area (Å²) in [5.41, 5.74) is 3.22. The number of methoxy groups -OCH3 is 3. The molecule has 4 rings (SSSR count). The van der Waals surface area contributed by atoms with Gasteiger partial charge < -0.3 is 14.2 Å². The third-order valence-electron chi connectivity index (χ3n) is 5.62. The van der Waals surface area contributed by atoms with E-state index in [-0.39, 0.29) is 4.90 Å². The fourth-order valence-electron chi connectivity index (χ4n) is 3.88. The molecule has 0 aliphatic carbocycles. The van der Waals surface area contributed by atoms with Crippen LogP contribution in [0.3, 0.4) is 0 Å². The summed E-state index contributed by atoms with van der Waals surface area (Å²) < 4.78 is 45.0. The second-order valence-electron chi connectivity index (χ2n) is 7.68. The number of ether oxygens (including phenoxy) is 3. The number of hydrogen-bond acceptors (Lipinski definition) is 6. The molecule has 0 spiro atoms. The summed E-state index contributed by atoms with van der Waals surface area (Å²) in [7, 11) is 0.673. The molecule has 1 unspecified atom stereocenters. The van der Waals surface area contributed by atoms with E-state index in [9.17, 15) is 8.42 Å². The summed E-state index contributed by atoms with van der Waals surface area (Å²) in [4.78, 5) is 0.184. The third kappa shape index (κ3) is 4.26. The van der Waals surface area contributed by atoms with Gasteiger partial charge in [0.15, 0.2) is 11.5 Å². The minimum Gasteiger partial charge on any atom is -0.493 e. The Labute approximate surface area is 194 Å². The first-order valence-electron chi connectivity index (χ1n) is 10.4. The second-order valence-corrected chi connectivity index (χ2v) is 9.48. The summed E-state index contributed by atoms with van der Waals surface area (Å²) in [5, 5.41) is 4.59. The van der Waals surface area contributed by atoms with Crippen LogP contribution in [-0.4, -0.2) is 39.9 Å². The molecule has 0 N–H and O–H groups in total. The van der Waals surface area contributed by atoms with Gasteiger partial charge in [-0.1, -0.05) is 48.0 Å². The summed E-state index contributed by atoms with van der Waals surface area (Å²) in [6.07, 6.45) is 0.397. The van der Waals surface area contributed by atoms with Crippen LogP contribution in [0.15, 0.2) is 76.7 Å². The number of hydrazone groups is 1. The molecule has 0 fully saturated rings. The fourth-order valence-corrected chi connectivity index (χ4v) is 5.31. The quantitative estimate of drug-likeness (QED) is 0.510. The molecular weight excluding hydrogens is 440 g/mol. The third-order valence-corrected chi connectivity index (χ3v) is 7.31. The van der Waals surface area contributed by atoms with Crippen LogP contribution in [0.2, 0.25) is 0 Å². The normalized spacial score (nSPS) is 15.8. The van der Waals surface area contributed by atoms with Gasteiger partial charge in [0.05, 0.1) is 38.0 Å². The van der Waals surface area contributed by atoms with Crippen LogP contribution in [-0.2, 0) is 10.0 Å². The van der Waals surface area contributed by atoms with E-state index in [0.29, 0.717) is 34.9 Å². The predicted molar refractivity (Wildman–Crippen MR) is 127 cm³/mol. The van der Waals surface area contributed by atoms with Crippen LogP contribution >= 0.6 is 0 Å². The van der Waals surface area contributed by atoms with E-state index in [1.54, 1.807) is 36.4 Å². The van der Waals surface area contributed by atoms with Gasteiger partial charge in [0.1, 0.15) is 0 Å². The number of hydrogen-bond donors (Lipinski definition) is 0. The lowest BCUT2D eigenvalue weighted by molar-refractivity contribution is 0.319. The van der Waals surface area contributed by atoms with E-state index in [4.69, 9.17) is 14.2 Å². The molecule has 1 atom stereocenters. The molecule has 0 saturated carbocycles. The van der Waals surface area contributed by atoms with Crippen LogP contribution in [0.4, 0.5) is 0 Å². The van der Waals surface area contributed by atoms with Gasteiger partial charge in [0, 0.05) is 6.42 Å². The summed E-state index contributed by atoms with van der Waals surface area (Å²) in [6, 6.07) is 19.3. The minimum absolute atomic E-state index is 0.184. The maximum Gasteiger partial charge on any atom is 0.279 e. The monoisotopic (exact) mass is 466 g/mol. The van der Waals surface area contributed by atoms with Crippen molar-refractivity contribution in [2.75, 3.05) is 21.3 Å². The van der Waals surface area contributed by atoms with Crippen molar-refractivity contribution >= 4 is 15.7 Å². The summed E-state index contributed by atoms with van der Waals surface area (Å²) in [5.74, 6) is 1.35. The Morgan fingerprint density at radius 1 is 0.879 bits per heavy atom. The molecule has 7 nitrogen and oxygen atoms in total. The molecule has 0 saturated heterocycles. The predicted octanol–water partition coefficient (Wildman–Crippen LogP) is 4.56. The summed E-state index contributed by atoms with van der Waals surface area (Å²) >= 11 is 0. The zero-order valence-electron chi connectivity index (χ0n) is 19.0. The van der Waals surface area contributed by atoms with Crippen molar-refractivity contribution in [3.05, 3.63) is 83.4 Å². The topological polar surface area (TPSA) is 77.4 Å². The molecule has 33 heavy (non-hydrogen) atoms. The zero-order chi connectivity index (χ0) is 23.6. The zero-order valence-corrected chi connectivity index (χ0v) is 19.8. The van der Waals surface area contributed by atoms with Gasteiger partial charge in [0.25, 0.3) is 10.0 Å². The van der Waals surface area contributed by atoms with E-state index >= 15 is 0 Å². The van der Waals surface area contributed by atoms with Gasteiger partial charge in [-0.3, -0.25) is 0 Å².